The first-order valence-corrected chi connectivity index (χ1v) is 12.1. The third kappa shape index (κ3) is 4.62. The minimum absolute atomic E-state index is 0.492. The molecule has 164 valence electrons. The highest BCUT2D eigenvalue weighted by atomic mass is 15.1. The zero-order chi connectivity index (χ0) is 21.0. The predicted octanol–water partition coefficient (Wildman–Crippen LogP) is 5.46. The monoisotopic (exact) mass is 417 g/mol. The van der Waals surface area contributed by atoms with E-state index in [2.05, 4.69) is 51.2 Å². The zero-order valence-electron chi connectivity index (χ0n) is 18.7. The molecule has 0 amide bonds. The first-order valence-electron chi connectivity index (χ1n) is 12.1. The zero-order valence-corrected chi connectivity index (χ0v) is 18.7. The second-order valence-electron chi connectivity index (χ2n) is 9.53. The summed E-state index contributed by atoms with van der Waals surface area (Å²) < 4.78 is 2.17. The molecule has 2 aromatic heterocycles. The maximum atomic E-state index is 4.82. The molecule has 31 heavy (non-hydrogen) atoms. The number of piperidine rings is 1. The van der Waals surface area contributed by atoms with Crippen molar-refractivity contribution in [2.75, 3.05) is 18.4 Å². The molecule has 1 saturated carbocycles. The molecule has 2 N–H and O–H groups in total. The van der Waals surface area contributed by atoms with E-state index in [1.165, 1.54) is 75.6 Å². The summed E-state index contributed by atoms with van der Waals surface area (Å²) in [6.45, 7) is 4.56. The van der Waals surface area contributed by atoms with E-state index in [0.29, 0.717) is 6.04 Å². The SMILES string of the molecule is Cc1cccc(-c2cnc(NC3CCCC(C4CCNCC4)CCC3)c3nccn23)c1. The van der Waals surface area contributed by atoms with Gasteiger partial charge < -0.3 is 10.6 Å². The molecule has 2 fully saturated rings. The summed E-state index contributed by atoms with van der Waals surface area (Å²) in [6.07, 6.45) is 16.5. The molecule has 2 aliphatic rings. The van der Waals surface area contributed by atoms with E-state index in [1.807, 2.05) is 18.6 Å². The Balaban J connectivity index is 1.28. The van der Waals surface area contributed by atoms with Gasteiger partial charge in [0, 0.05) is 24.0 Å². The summed E-state index contributed by atoms with van der Waals surface area (Å²) in [4.78, 5) is 9.46. The summed E-state index contributed by atoms with van der Waals surface area (Å²) in [5, 5.41) is 7.28. The fourth-order valence-corrected chi connectivity index (χ4v) is 5.70. The van der Waals surface area contributed by atoms with E-state index in [4.69, 9.17) is 4.98 Å². The number of imidazole rings is 1. The number of anilines is 1. The number of hydrogen-bond acceptors (Lipinski definition) is 4. The lowest BCUT2D eigenvalue weighted by Gasteiger charge is -2.33. The minimum Gasteiger partial charge on any atom is -0.364 e. The molecule has 1 aliphatic heterocycles. The summed E-state index contributed by atoms with van der Waals surface area (Å²) in [7, 11) is 0. The maximum absolute atomic E-state index is 4.82. The number of hydrogen-bond donors (Lipinski definition) is 2. The van der Waals surface area contributed by atoms with Crippen molar-refractivity contribution in [1.82, 2.24) is 19.7 Å². The Hall–Kier alpha value is -2.40. The Bertz CT molecular complexity index is 994. The first kappa shape index (κ1) is 20.5. The van der Waals surface area contributed by atoms with E-state index < -0.39 is 0 Å². The molecule has 0 unspecified atom stereocenters. The third-order valence-electron chi connectivity index (χ3n) is 7.39. The van der Waals surface area contributed by atoms with Crippen molar-refractivity contribution in [3.8, 4) is 11.3 Å². The van der Waals surface area contributed by atoms with E-state index in [0.717, 1.165) is 29.0 Å². The van der Waals surface area contributed by atoms with Gasteiger partial charge in [0.25, 0.3) is 0 Å². The average molecular weight is 418 g/mol. The molecule has 5 rings (SSSR count). The highest BCUT2D eigenvalue weighted by molar-refractivity contribution is 5.70. The predicted molar refractivity (Wildman–Crippen MR) is 127 cm³/mol. The van der Waals surface area contributed by atoms with Gasteiger partial charge >= 0.3 is 0 Å². The van der Waals surface area contributed by atoms with Crippen molar-refractivity contribution in [2.45, 2.75) is 64.3 Å². The first-order chi connectivity index (χ1) is 15.3. The van der Waals surface area contributed by atoms with E-state index in [1.54, 1.807) is 0 Å². The summed E-state index contributed by atoms with van der Waals surface area (Å²) >= 11 is 0. The molecule has 3 heterocycles. The van der Waals surface area contributed by atoms with Gasteiger partial charge in [-0.05, 0) is 63.6 Å². The van der Waals surface area contributed by atoms with Crippen LogP contribution in [0.1, 0.15) is 56.9 Å². The van der Waals surface area contributed by atoms with Crippen molar-refractivity contribution in [2.24, 2.45) is 11.8 Å². The van der Waals surface area contributed by atoms with Crippen LogP contribution < -0.4 is 10.6 Å². The molecule has 5 heteroatoms. The molecule has 0 atom stereocenters. The van der Waals surface area contributed by atoms with Gasteiger partial charge in [0.1, 0.15) is 0 Å². The van der Waals surface area contributed by atoms with E-state index in [-0.39, 0.29) is 0 Å². The second-order valence-corrected chi connectivity index (χ2v) is 9.53. The smallest absolute Gasteiger partial charge is 0.180 e. The van der Waals surface area contributed by atoms with Crippen LogP contribution in [0.25, 0.3) is 16.9 Å². The van der Waals surface area contributed by atoms with Gasteiger partial charge in [0.15, 0.2) is 11.5 Å². The van der Waals surface area contributed by atoms with Crippen molar-refractivity contribution < 1.29 is 0 Å². The van der Waals surface area contributed by atoms with Gasteiger partial charge in [-0.2, -0.15) is 0 Å². The highest BCUT2D eigenvalue weighted by Gasteiger charge is 2.25. The Morgan fingerprint density at radius 1 is 0.968 bits per heavy atom. The fraction of sp³-hybridized carbons (Fsp3) is 0.538. The number of fused-ring (bicyclic) bond motifs is 1. The lowest BCUT2D eigenvalue weighted by Crippen LogP contribution is -2.32. The van der Waals surface area contributed by atoms with Crippen molar-refractivity contribution >= 4 is 11.5 Å². The van der Waals surface area contributed by atoms with Crippen LogP contribution in [0.2, 0.25) is 0 Å². The average Bonchev–Trinajstić information content (AvgIpc) is 3.26. The quantitative estimate of drug-likeness (QED) is 0.592. The Kier molecular flexibility index (Phi) is 6.21. The van der Waals surface area contributed by atoms with Gasteiger partial charge in [-0.1, -0.05) is 49.4 Å². The topological polar surface area (TPSA) is 54.2 Å². The molecule has 0 radical (unpaired) electrons. The maximum Gasteiger partial charge on any atom is 0.180 e. The molecular formula is C26H35N5. The molecular weight excluding hydrogens is 382 g/mol. The van der Waals surface area contributed by atoms with Crippen LogP contribution in [0.5, 0.6) is 0 Å². The van der Waals surface area contributed by atoms with Crippen molar-refractivity contribution in [3.63, 3.8) is 0 Å². The number of benzene rings is 1. The molecule has 3 aromatic rings. The van der Waals surface area contributed by atoms with E-state index >= 15 is 0 Å². The van der Waals surface area contributed by atoms with Crippen LogP contribution in [0.3, 0.4) is 0 Å². The minimum atomic E-state index is 0.492. The molecule has 0 bridgehead atoms. The van der Waals surface area contributed by atoms with Gasteiger partial charge in [0.2, 0.25) is 0 Å². The van der Waals surface area contributed by atoms with Gasteiger partial charge in [-0.3, -0.25) is 4.40 Å². The van der Waals surface area contributed by atoms with Crippen LogP contribution in [-0.2, 0) is 0 Å². The van der Waals surface area contributed by atoms with Crippen LogP contribution in [-0.4, -0.2) is 33.5 Å². The van der Waals surface area contributed by atoms with Gasteiger partial charge in [-0.15, -0.1) is 0 Å². The molecule has 1 aliphatic carbocycles. The van der Waals surface area contributed by atoms with Crippen LogP contribution in [0.15, 0.2) is 42.9 Å². The summed E-state index contributed by atoms with van der Waals surface area (Å²) in [5.74, 6) is 2.81. The summed E-state index contributed by atoms with van der Waals surface area (Å²) in [5.41, 5.74) is 4.44. The van der Waals surface area contributed by atoms with Crippen molar-refractivity contribution in [3.05, 3.63) is 48.4 Å². The number of rotatable bonds is 4. The lowest BCUT2D eigenvalue weighted by molar-refractivity contribution is 0.214. The van der Waals surface area contributed by atoms with Crippen LogP contribution in [0.4, 0.5) is 5.82 Å². The number of nitrogens with zero attached hydrogens (tertiary/aromatic N) is 3. The fourth-order valence-electron chi connectivity index (χ4n) is 5.70. The molecule has 0 spiro atoms. The van der Waals surface area contributed by atoms with Gasteiger partial charge in [0.05, 0.1) is 11.9 Å². The van der Waals surface area contributed by atoms with Crippen molar-refractivity contribution in [1.29, 1.82) is 0 Å². The number of nitrogens with one attached hydrogen (secondary N) is 2. The Morgan fingerprint density at radius 3 is 2.52 bits per heavy atom. The molecule has 1 saturated heterocycles. The van der Waals surface area contributed by atoms with Gasteiger partial charge in [-0.25, -0.2) is 9.97 Å². The third-order valence-corrected chi connectivity index (χ3v) is 7.39. The number of aromatic nitrogens is 3. The standard InChI is InChI=1S/C26H35N5/c1-19-5-2-8-22(17-19)24-18-29-25(26-28-15-16-31(24)26)30-23-9-3-6-20(7-4-10-23)21-11-13-27-14-12-21/h2,5,8,15-18,20-21,23,27H,3-4,6-7,9-14H2,1H3,(H,29,30). The van der Waals surface area contributed by atoms with Crippen LogP contribution in [0, 0.1) is 18.8 Å². The largest absolute Gasteiger partial charge is 0.364 e. The van der Waals surface area contributed by atoms with E-state index in [9.17, 15) is 0 Å². The highest BCUT2D eigenvalue weighted by Crippen LogP contribution is 2.34. The number of aryl methyl sites for hydroxylation is 1. The molecule has 5 nitrogen and oxygen atoms in total. The Morgan fingerprint density at radius 2 is 1.74 bits per heavy atom. The molecule has 1 aromatic carbocycles. The summed E-state index contributed by atoms with van der Waals surface area (Å²) in [6, 6.07) is 9.07. The normalized spacial score (nSPS) is 23.4. The Labute approximate surface area is 185 Å². The van der Waals surface area contributed by atoms with Crippen LogP contribution >= 0.6 is 0 Å². The lowest BCUT2D eigenvalue weighted by atomic mass is 9.77. The second kappa shape index (κ2) is 9.39.